The minimum absolute atomic E-state index is 0. The van der Waals surface area contributed by atoms with Gasteiger partial charge in [-0.05, 0) is 0 Å². The SMILES string of the molecule is [Co].[Fe].[La].[Ni]. The van der Waals surface area contributed by atoms with Crippen LogP contribution in [-0.2, 0) is 50.3 Å². The van der Waals surface area contributed by atoms with E-state index in [2.05, 4.69) is 0 Å². The maximum absolute atomic E-state index is 0. The van der Waals surface area contributed by atoms with Gasteiger partial charge in [0.25, 0.3) is 0 Å². The average Bonchev–Trinajstić information content (AvgIpc) is 0. The van der Waals surface area contributed by atoms with Gasteiger partial charge in [-0.15, -0.1) is 0 Å². The van der Waals surface area contributed by atoms with Crippen LogP contribution in [0.25, 0.3) is 0 Å². The molecule has 0 spiro atoms. The van der Waals surface area contributed by atoms with Gasteiger partial charge in [0.1, 0.15) is 0 Å². The van der Waals surface area contributed by atoms with E-state index in [0.29, 0.717) is 0 Å². The summed E-state index contributed by atoms with van der Waals surface area (Å²) < 4.78 is 0. The van der Waals surface area contributed by atoms with Gasteiger partial charge in [0.2, 0.25) is 0 Å². The molecule has 0 aliphatic heterocycles. The molecule has 0 atom stereocenters. The van der Waals surface area contributed by atoms with E-state index in [1.807, 2.05) is 0 Å². The third-order valence-electron chi connectivity index (χ3n) is 0. The summed E-state index contributed by atoms with van der Waals surface area (Å²) in [5.41, 5.74) is 0. The molecule has 0 heterocycles. The van der Waals surface area contributed by atoms with Crippen molar-refractivity contribution in [2.24, 2.45) is 0 Å². The molecule has 0 unspecified atom stereocenters. The second-order valence-electron chi connectivity index (χ2n) is 0. The van der Waals surface area contributed by atoms with Crippen LogP contribution in [0.2, 0.25) is 0 Å². The molecule has 0 aromatic rings. The molecule has 4 heteroatoms. The predicted molar refractivity (Wildman–Crippen MR) is 0 cm³/mol. The van der Waals surface area contributed by atoms with Crippen molar-refractivity contribution in [2.75, 3.05) is 0 Å². The molecule has 2 radical (unpaired) electrons. The van der Waals surface area contributed by atoms with Crippen molar-refractivity contribution in [1.29, 1.82) is 0 Å². The maximum Gasteiger partial charge on any atom is 0 e. The summed E-state index contributed by atoms with van der Waals surface area (Å²) in [5, 5.41) is 0. The van der Waals surface area contributed by atoms with Crippen molar-refractivity contribution in [1.82, 2.24) is 0 Å². The Kier molecular flexibility index (Phi) is 128. The molecular weight excluding hydrogens is 312 g/mol. The monoisotopic (exact) mass is 312 g/mol. The molecule has 0 aliphatic rings. The van der Waals surface area contributed by atoms with E-state index in [1.165, 1.54) is 0 Å². The normalized spacial score (nSPS) is 0. The van der Waals surface area contributed by atoms with Gasteiger partial charge < -0.3 is 0 Å². The zero-order chi connectivity index (χ0) is 0. The molecule has 0 rings (SSSR count). The summed E-state index contributed by atoms with van der Waals surface area (Å²) in [6, 6.07) is 0. The molecule has 0 saturated carbocycles. The van der Waals surface area contributed by atoms with E-state index in [9.17, 15) is 0 Å². The first-order chi connectivity index (χ1) is 0. The molecule has 4 heavy (non-hydrogen) atoms. The standard InChI is InChI=1S/Co.Fe.La.Ni. The zero-order valence-corrected chi connectivity index (χ0v) is 8.34. The Morgan fingerprint density at radius 3 is 1.00 bits per heavy atom. The Labute approximate surface area is 84.4 Å². The van der Waals surface area contributed by atoms with Crippen LogP contribution in [0.1, 0.15) is 0 Å². The van der Waals surface area contributed by atoms with Crippen LogP contribution in [-0.4, -0.2) is 0 Å². The van der Waals surface area contributed by atoms with Crippen molar-refractivity contribution in [3.63, 3.8) is 0 Å². The average molecular weight is 312 g/mol. The first-order valence-corrected chi connectivity index (χ1v) is 0. The second kappa shape index (κ2) is 17.2. The summed E-state index contributed by atoms with van der Waals surface area (Å²) >= 11 is 0. The zero-order valence-electron chi connectivity index (χ0n) is 1.58. The van der Waals surface area contributed by atoms with Gasteiger partial charge in [0, 0.05) is 85.9 Å². The van der Waals surface area contributed by atoms with Gasteiger partial charge in [0.15, 0.2) is 0 Å². The topological polar surface area (TPSA) is 0 Å². The molecule has 0 saturated heterocycles. The van der Waals surface area contributed by atoms with E-state index in [-0.39, 0.29) is 85.9 Å². The molecule has 0 aromatic heterocycles. The summed E-state index contributed by atoms with van der Waals surface area (Å²) in [6.07, 6.45) is 0. The smallest absolute Gasteiger partial charge is 0 e. The second-order valence-corrected chi connectivity index (χ2v) is 0. The van der Waals surface area contributed by atoms with Crippen LogP contribution < -0.4 is 0 Å². The van der Waals surface area contributed by atoms with Crippen LogP contribution in [0.3, 0.4) is 0 Å². The fraction of sp³-hybridized carbons (Fsp3) is 0. The fourth-order valence-electron chi connectivity index (χ4n) is 0. The number of rotatable bonds is 0. The van der Waals surface area contributed by atoms with Gasteiger partial charge in [-0.1, -0.05) is 0 Å². The van der Waals surface area contributed by atoms with Gasteiger partial charge in [-0.25, -0.2) is 0 Å². The Balaban J connectivity index is 0. The summed E-state index contributed by atoms with van der Waals surface area (Å²) in [7, 11) is 0. The Bertz CT molecular complexity index is 8.00. The van der Waals surface area contributed by atoms with Gasteiger partial charge in [0.05, 0.1) is 0 Å². The van der Waals surface area contributed by atoms with Crippen molar-refractivity contribution in [2.45, 2.75) is 0 Å². The van der Waals surface area contributed by atoms with Crippen molar-refractivity contribution < 1.29 is 85.9 Å². The van der Waals surface area contributed by atoms with E-state index >= 15 is 0 Å². The molecule has 0 nitrogen and oxygen atoms in total. The van der Waals surface area contributed by atoms with E-state index in [0.717, 1.165) is 0 Å². The first-order valence-electron chi connectivity index (χ1n) is 0. The van der Waals surface area contributed by atoms with Crippen LogP contribution in [0.5, 0.6) is 0 Å². The minimum Gasteiger partial charge on any atom is 0 e. The van der Waals surface area contributed by atoms with E-state index in [4.69, 9.17) is 0 Å². The minimum atomic E-state index is 0. The van der Waals surface area contributed by atoms with Crippen molar-refractivity contribution in [3.8, 4) is 0 Å². The molecule has 0 fully saturated rings. The van der Waals surface area contributed by atoms with Crippen LogP contribution in [0, 0.1) is 35.6 Å². The molecule has 0 aromatic carbocycles. The predicted octanol–water partition coefficient (Wildman–Crippen LogP) is -0.00750. The Morgan fingerprint density at radius 1 is 1.00 bits per heavy atom. The first kappa shape index (κ1) is 29.8. The van der Waals surface area contributed by atoms with Crippen LogP contribution >= 0.6 is 0 Å². The summed E-state index contributed by atoms with van der Waals surface area (Å²) in [6.45, 7) is 0. The van der Waals surface area contributed by atoms with Gasteiger partial charge >= 0.3 is 0 Å². The fourth-order valence-corrected chi connectivity index (χ4v) is 0. The summed E-state index contributed by atoms with van der Waals surface area (Å²) in [5.74, 6) is 0. The van der Waals surface area contributed by atoms with E-state index in [1.54, 1.807) is 0 Å². The molecule has 30 valence electrons. The molecule has 0 N–H and O–H groups in total. The molecular formula is CoFeLaNi. The maximum atomic E-state index is 0. The number of hydrogen-bond acceptors (Lipinski definition) is 0. The van der Waals surface area contributed by atoms with Gasteiger partial charge in [-0.3, -0.25) is 0 Å². The molecule has 0 amide bonds. The number of hydrogen-bond donors (Lipinski definition) is 0. The van der Waals surface area contributed by atoms with Crippen LogP contribution in [0.4, 0.5) is 0 Å². The van der Waals surface area contributed by atoms with Gasteiger partial charge in [-0.2, -0.15) is 0 Å². The van der Waals surface area contributed by atoms with E-state index < -0.39 is 0 Å². The quantitative estimate of drug-likeness (QED) is 0.552. The third kappa shape index (κ3) is 8.83. The van der Waals surface area contributed by atoms with Crippen molar-refractivity contribution in [3.05, 3.63) is 0 Å². The third-order valence-corrected chi connectivity index (χ3v) is 0. The molecule has 0 bridgehead atoms. The molecule has 0 aliphatic carbocycles. The summed E-state index contributed by atoms with van der Waals surface area (Å²) in [4.78, 5) is 0. The van der Waals surface area contributed by atoms with Crippen LogP contribution in [0.15, 0.2) is 0 Å². The Morgan fingerprint density at radius 2 is 1.00 bits per heavy atom. The van der Waals surface area contributed by atoms with Crippen molar-refractivity contribution >= 4 is 0 Å². The largest absolute Gasteiger partial charge is 0 e. The Hall–Kier alpha value is 2.71.